The number of morpholine rings is 1. The van der Waals surface area contributed by atoms with Gasteiger partial charge in [-0.2, -0.15) is 4.31 Å². The van der Waals surface area contributed by atoms with Crippen molar-refractivity contribution in [1.82, 2.24) is 9.62 Å². The second-order valence-corrected chi connectivity index (χ2v) is 9.14. The first-order valence-electron chi connectivity index (χ1n) is 10.2. The molecule has 1 aliphatic heterocycles. The zero-order chi connectivity index (χ0) is 22.3. The first kappa shape index (κ1) is 23.1. The molecule has 1 N–H and O–H groups in total. The van der Waals surface area contributed by atoms with Crippen LogP contribution in [-0.2, 0) is 19.6 Å². The zero-order valence-electron chi connectivity index (χ0n) is 17.7. The number of benzene rings is 2. The Bertz CT molecular complexity index is 955. The summed E-state index contributed by atoms with van der Waals surface area (Å²) < 4.78 is 43.1. The highest BCUT2D eigenvalue weighted by molar-refractivity contribution is 7.89. The van der Waals surface area contributed by atoms with E-state index in [4.69, 9.17) is 14.2 Å². The van der Waals surface area contributed by atoms with Crippen LogP contribution in [0.2, 0.25) is 0 Å². The van der Waals surface area contributed by atoms with Crippen molar-refractivity contribution in [2.45, 2.75) is 24.8 Å². The molecule has 8 nitrogen and oxygen atoms in total. The van der Waals surface area contributed by atoms with Gasteiger partial charge in [0.25, 0.3) is 5.91 Å². The molecule has 9 heteroatoms. The number of hydrogen-bond acceptors (Lipinski definition) is 6. The third-order valence-electron chi connectivity index (χ3n) is 4.80. The number of ether oxygens (including phenoxy) is 3. The third-order valence-corrected chi connectivity index (χ3v) is 6.72. The van der Waals surface area contributed by atoms with Gasteiger partial charge in [0, 0.05) is 13.1 Å². The van der Waals surface area contributed by atoms with Crippen LogP contribution in [-0.4, -0.2) is 64.2 Å². The molecule has 1 heterocycles. The molecule has 1 amide bonds. The van der Waals surface area contributed by atoms with Crippen LogP contribution in [0, 0.1) is 6.92 Å². The van der Waals surface area contributed by atoms with Gasteiger partial charge in [-0.05, 0) is 50.2 Å². The lowest BCUT2D eigenvalue weighted by molar-refractivity contribution is -0.127. The Balaban J connectivity index is 1.42. The molecule has 1 fully saturated rings. The van der Waals surface area contributed by atoms with Gasteiger partial charge in [-0.3, -0.25) is 4.79 Å². The van der Waals surface area contributed by atoms with Crippen LogP contribution in [0.15, 0.2) is 53.4 Å². The van der Waals surface area contributed by atoms with E-state index in [0.29, 0.717) is 44.3 Å². The number of aryl methyl sites for hydroxylation is 1. The van der Waals surface area contributed by atoms with Crippen molar-refractivity contribution in [3.05, 3.63) is 54.1 Å². The molecule has 1 aliphatic rings. The van der Waals surface area contributed by atoms with Crippen LogP contribution in [0.5, 0.6) is 11.5 Å². The van der Waals surface area contributed by atoms with Crippen LogP contribution in [0.4, 0.5) is 0 Å². The number of hydrogen-bond donors (Lipinski definition) is 1. The summed E-state index contributed by atoms with van der Waals surface area (Å²) in [6.45, 7) is 5.73. The van der Waals surface area contributed by atoms with Gasteiger partial charge in [-0.15, -0.1) is 0 Å². The standard InChI is InChI=1S/C22H28N2O6S/c1-17-3-5-20(6-4-17)30-18(2)22(25)23-11-14-29-19-7-9-21(10-8-19)31(26,27)24-12-15-28-16-13-24/h3-10,18H,11-16H2,1-2H3,(H,23,25)/t18-/m1/s1. The van der Waals surface area contributed by atoms with Crippen molar-refractivity contribution in [3.8, 4) is 11.5 Å². The van der Waals surface area contributed by atoms with Gasteiger partial charge < -0.3 is 19.5 Å². The van der Waals surface area contributed by atoms with Gasteiger partial charge in [-0.25, -0.2) is 8.42 Å². The number of sulfonamides is 1. The van der Waals surface area contributed by atoms with E-state index in [1.54, 1.807) is 19.1 Å². The molecule has 168 valence electrons. The molecular weight excluding hydrogens is 420 g/mol. The van der Waals surface area contributed by atoms with Gasteiger partial charge in [0.05, 0.1) is 24.7 Å². The van der Waals surface area contributed by atoms with E-state index in [1.165, 1.54) is 16.4 Å². The summed E-state index contributed by atoms with van der Waals surface area (Å²) in [5.41, 5.74) is 1.12. The highest BCUT2D eigenvalue weighted by Gasteiger charge is 2.26. The maximum atomic E-state index is 12.6. The number of nitrogens with one attached hydrogen (secondary N) is 1. The van der Waals surface area contributed by atoms with Crippen LogP contribution in [0.1, 0.15) is 12.5 Å². The Labute approximate surface area is 183 Å². The number of nitrogens with zero attached hydrogens (tertiary/aromatic N) is 1. The van der Waals surface area contributed by atoms with Crippen LogP contribution in [0.3, 0.4) is 0 Å². The highest BCUT2D eigenvalue weighted by Crippen LogP contribution is 2.20. The van der Waals surface area contributed by atoms with E-state index in [2.05, 4.69) is 5.32 Å². The smallest absolute Gasteiger partial charge is 0.260 e. The Morgan fingerprint density at radius 1 is 1.06 bits per heavy atom. The summed E-state index contributed by atoms with van der Waals surface area (Å²) in [6, 6.07) is 13.8. The predicted molar refractivity (Wildman–Crippen MR) is 116 cm³/mol. The molecular formula is C22H28N2O6S. The van der Waals surface area contributed by atoms with Crippen molar-refractivity contribution in [3.63, 3.8) is 0 Å². The lowest BCUT2D eigenvalue weighted by Gasteiger charge is -2.26. The summed E-state index contributed by atoms with van der Waals surface area (Å²) in [4.78, 5) is 12.4. The summed E-state index contributed by atoms with van der Waals surface area (Å²) in [6.07, 6.45) is -0.632. The van der Waals surface area contributed by atoms with Gasteiger partial charge in [0.15, 0.2) is 6.10 Å². The van der Waals surface area contributed by atoms with E-state index in [1.807, 2.05) is 31.2 Å². The number of carbonyl (C=O) groups excluding carboxylic acids is 1. The monoisotopic (exact) mass is 448 g/mol. The highest BCUT2D eigenvalue weighted by atomic mass is 32.2. The minimum atomic E-state index is -3.53. The van der Waals surface area contributed by atoms with E-state index in [9.17, 15) is 13.2 Å². The minimum absolute atomic E-state index is 0.220. The molecule has 0 saturated carbocycles. The third kappa shape index (κ3) is 6.43. The number of amides is 1. The normalized spacial score (nSPS) is 15.8. The summed E-state index contributed by atoms with van der Waals surface area (Å²) >= 11 is 0. The van der Waals surface area contributed by atoms with E-state index < -0.39 is 16.1 Å². The van der Waals surface area contributed by atoms with E-state index in [0.717, 1.165) is 5.56 Å². The molecule has 2 aromatic rings. The average Bonchev–Trinajstić information content (AvgIpc) is 2.79. The van der Waals surface area contributed by atoms with Crippen LogP contribution >= 0.6 is 0 Å². The quantitative estimate of drug-likeness (QED) is 0.590. The fourth-order valence-corrected chi connectivity index (χ4v) is 4.41. The molecule has 1 saturated heterocycles. The second-order valence-electron chi connectivity index (χ2n) is 7.20. The van der Waals surface area contributed by atoms with Gasteiger partial charge in [-0.1, -0.05) is 17.7 Å². The summed E-state index contributed by atoms with van der Waals surface area (Å²) in [7, 11) is -3.53. The molecule has 3 rings (SSSR count). The number of carbonyl (C=O) groups is 1. The van der Waals surface area contributed by atoms with Crippen LogP contribution in [0.25, 0.3) is 0 Å². The Kier molecular flexibility index (Phi) is 7.89. The van der Waals surface area contributed by atoms with Gasteiger partial charge in [0.2, 0.25) is 10.0 Å². The minimum Gasteiger partial charge on any atom is -0.492 e. The molecule has 2 aromatic carbocycles. The predicted octanol–water partition coefficient (Wildman–Crippen LogP) is 1.98. The Morgan fingerprint density at radius 2 is 1.68 bits per heavy atom. The lowest BCUT2D eigenvalue weighted by atomic mass is 10.2. The van der Waals surface area contributed by atoms with E-state index in [-0.39, 0.29) is 17.4 Å². The lowest BCUT2D eigenvalue weighted by Crippen LogP contribution is -2.40. The first-order valence-corrected chi connectivity index (χ1v) is 11.6. The maximum absolute atomic E-state index is 12.6. The second kappa shape index (κ2) is 10.6. The summed E-state index contributed by atoms with van der Waals surface area (Å²) in [5, 5.41) is 2.76. The van der Waals surface area contributed by atoms with Crippen molar-refractivity contribution < 1.29 is 27.4 Å². The van der Waals surface area contributed by atoms with Crippen molar-refractivity contribution in [2.24, 2.45) is 0 Å². The van der Waals surface area contributed by atoms with Gasteiger partial charge in [0.1, 0.15) is 18.1 Å². The largest absolute Gasteiger partial charge is 0.492 e. The molecule has 0 unspecified atom stereocenters. The molecule has 0 radical (unpaired) electrons. The van der Waals surface area contributed by atoms with Gasteiger partial charge >= 0.3 is 0 Å². The fraction of sp³-hybridized carbons (Fsp3) is 0.409. The fourth-order valence-electron chi connectivity index (χ4n) is 3.01. The molecule has 0 spiro atoms. The zero-order valence-corrected chi connectivity index (χ0v) is 18.6. The Hall–Kier alpha value is -2.62. The van der Waals surface area contributed by atoms with Crippen LogP contribution < -0.4 is 14.8 Å². The van der Waals surface area contributed by atoms with Crippen molar-refractivity contribution >= 4 is 15.9 Å². The van der Waals surface area contributed by atoms with Crippen molar-refractivity contribution in [1.29, 1.82) is 0 Å². The molecule has 0 bridgehead atoms. The average molecular weight is 449 g/mol. The van der Waals surface area contributed by atoms with E-state index >= 15 is 0 Å². The Morgan fingerprint density at radius 3 is 2.32 bits per heavy atom. The SMILES string of the molecule is Cc1ccc(O[C@H](C)C(=O)NCCOc2ccc(S(=O)(=O)N3CCOCC3)cc2)cc1. The molecule has 0 aromatic heterocycles. The van der Waals surface area contributed by atoms with Crippen molar-refractivity contribution in [2.75, 3.05) is 39.5 Å². The topological polar surface area (TPSA) is 94.2 Å². The number of rotatable bonds is 9. The summed E-state index contributed by atoms with van der Waals surface area (Å²) in [5.74, 6) is 0.923. The molecule has 1 atom stereocenters. The maximum Gasteiger partial charge on any atom is 0.260 e. The molecule has 0 aliphatic carbocycles. The first-order chi connectivity index (χ1) is 14.9. The molecule has 31 heavy (non-hydrogen) atoms.